The van der Waals surface area contributed by atoms with Gasteiger partial charge < -0.3 is 5.32 Å². The SMILES string of the molecule is Cc1ccc(-c2nc(CC(=O)NCc3ccc(F)cc3)cs2)cc1. The lowest BCUT2D eigenvalue weighted by atomic mass is 10.2. The van der Waals surface area contributed by atoms with Crippen LogP contribution < -0.4 is 5.32 Å². The lowest BCUT2D eigenvalue weighted by molar-refractivity contribution is -0.120. The van der Waals surface area contributed by atoms with E-state index in [0.717, 1.165) is 21.8 Å². The van der Waals surface area contributed by atoms with Crippen LogP contribution in [-0.4, -0.2) is 10.9 Å². The fourth-order valence-electron chi connectivity index (χ4n) is 2.25. The summed E-state index contributed by atoms with van der Waals surface area (Å²) in [5.74, 6) is -0.378. The van der Waals surface area contributed by atoms with Crippen LogP contribution in [0.2, 0.25) is 0 Å². The average Bonchev–Trinajstić information content (AvgIpc) is 3.03. The van der Waals surface area contributed by atoms with Crippen molar-refractivity contribution in [1.82, 2.24) is 10.3 Å². The van der Waals surface area contributed by atoms with E-state index in [1.165, 1.54) is 29.0 Å². The zero-order valence-electron chi connectivity index (χ0n) is 13.3. The number of nitrogens with one attached hydrogen (secondary N) is 1. The number of amides is 1. The normalized spacial score (nSPS) is 10.6. The number of rotatable bonds is 5. The molecule has 1 amide bonds. The molecule has 0 saturated heterocycles. The molecule has 0 unspecified atom stereocenters. The number of aryl methyl sites for hydroxylation is 1. The number of carbonyl (C=O) groups excluding carboxylic acids is 1. The predicted octanol–water partition coefficient (Wildman–Crippen LogP) is 4.12. The standard InChI is InChI=1S/C19H17FN2OS/c1-13-2-6-15(7-3-13)19-22-17(12-24-19)10-18(23)21-11-14-4-8-16(20)9-5-14/h2-9,12H,10-11H2,1H3,(H,21,23). The molecule has 3 aromatic rings. The summed E-state index contributed by atoms with van der Waals surface area (Å²) in [6.07, 6.45) is 0.240. The number of benzene rings is 2. The van der Waals surface area contributed by atoms with Gasteiger partial charge in [-0.25, -0.2) is 9.37 Å². The van der Waals surface area contributed by atoms with Gasteiger partial charge in [0.05, 0.1) is 12.1 Å². The fourth-order valence-corrected chi connectivity index (χ4v) is 3.07. The largest absolute Gasteiger partial charge is 0.352 e. The molecule has 5 heteroatoms. The molecule has 0 aliphatic carbocycles. The summed E-state index contributed by atoms with van der Waals surface area (Å²) in [4.78, 5) is 16.5. The molecule has 0 atom stereocenters. The van der Waals surface area contributed by atoms with Crippen molar-refractivity contribution in [3.8, 4) is 10.6 Å². The molecule has 0 saturated carbocycles. The van der Waals surface area contributed by atoms with Crippen molar-refractivity contribution >= 4 is 17.2 Å². The number of aromatic nitrogens is 1. The Hall–Kier alpha value is -2.53. The molecule has 0 radical (unpaired) electrons. The van der Waals surface area contributed by atoms with Crippen molar-refractivity contribution < 1.29 is 9.18 Å². The fraction of sp³-hybridized carbons (Fsp3) is 0.158. The average molecular weight is 340 g/mol. The van der Waals surface area contributed by atoms with Crippen LogP contribution in [0.1, 0.15) is 16.8 Å². The Balaban J connectivity index is 1.57. The van der Waals surface area contributed by atoms with Crippen LogP contribution in [-0.2, 0) is 17.8 Å². The van der Waals surface area contributed by atoms with Gasteiger partial charge in [0.25, 0.3) is 0 Å². The summed E-state index contributed by atoms with van der Waals surface area (Å²) in [5.41, 5.74) is 3.88. The van der Waals surface area contributed by atoms with Gasteiger partial charge in [0.15, 0.2) is 0 Å². The van der Waals surface area contributed by atoms with Crippen LogP contribution >= 0.6 is 11.3 Å². The van der Waals surface area contributed by atoms with Gasteiger partial charge in [0.2, 0.25) is 5.91 Å². The molecule has 3 rings (SSSR count). The zero-order chi connectivity index (χ0) is 16.9. The van der Waals surface area contributed by atoms with Crippen LogP contribution in [0.3, 0.4) is 0 Å². The van der Waals surface area contributed by atoms with E-state index in [2.05, 4.69) is 10.3 Å². The first-order chi connectivity index (χ1) is 11.6. The molecule has 0 spiro atoms. The van der Waals surface area contributed by atoms with Crippen molar-refractivity contribution in [2.45, 2.75) is 19.9 Å². The van der Waals surface area contributed by atoms with E-state index < -0.39 is 0 Å². The van der Waals surface area contributed by atoms with Gasteiger partial charge in [-0.3, -0.25) is 4.79 Å². The summed E-state index contributed by atoms with van der Waals surface area (Å²) in [6, 6.07) is 14.3. The molecule has 0 fully saturated rings. The number of nitrogens with zero attached hydrogens (tertiary/aromatic N) is 1. The highest BCUT2D eigenvalue weighted by Crippen LogP contribution is 2.24. The first-order valence-corrected chi connectivity index (χ1v) is 8.51. The first-order valence-electron chi connectivity index (χ1n) is 7.63. The van der Waals surface area contributed by atoms with E-state index in [4.69, 9.17) is 0 Å². The highest BCUT2D eigenvalue weighted by Gasteiger charge is 2.09. The smallest absolute Gasteiger partial charge is 0.226 e. The second-order valence-electron chi connectivity index (χ2n) is 5.59. The van der Waals surface area contributed by atoms with Crippen LogP contribution in [0.4, 0.5) is 4.39 Å². The minimum absolute atomic E-state index is 0.0971. The second-order valence-corrected chi connectivity index (χ2v) is 6.45. The van der Waals surface area contributed by atoms with Crippen LogP contribution in [0.15, 0.2) is 53.9 Å². The van der Waals surface area contributed by atoms with Crippen molar-refractivity contribution in [3.05, 3.63) is 76.5 Å². The Kier molecular flexibility index (Phi) is 5.01. The van der Waals surface area contributed by atoms with Crippen LogP contribution in [0, 0.1) is 12.7 Å². The maximum absolute atomic E-state index is 12.8. The summed E-state index contributed by atoms with van der Waals surface area (Å²) in [6.45, 7) is 2.43. The van der Waals surface area contributed by atoms with E-state index in [-0.39, 0.29) is 18.1 Å². The maximum Gasteiger partial charge on any atom is 0.226 e. The highest BCUT2D eigenvalue weighted by atomic mass is 32.1. The molecule has 0 bridgehead atoms. The number of halogens is 1. The number of thiazole rings is 1. The predicted molar refractivity (Wildman–Crippen MR) is 94.2 cm³/mol. The quantitative estimate of drug-likeness (QED) is 0.759. The van der Waals surface area contributed by atoms with Gasteiger partial charge in [0.1, 0.15) is 10.8 Å². The first kappa shape index (κ1) is 16.3. The molecular formula is C19H17FN2OS. The van der Waals surface area contributed by atoms with E-state index in [1.54, 1.807) is 12.1 Å². The summed E-state index contributed by atoms with van der Waals surface area (Å²) < 4.78 is 12.8. The molecule has 1 heterocycles. The second kappa shape index (κ2) is 7.36. The molecule has 1 aromatic heterocycles. The Labute approximate surface area is 144 Å². The minimum atomic E-state index is -0.281. The van der Waals surface area contributed by atoms with Gasteiger partial charge >= 0.3 is 0 Å². The van der Waals surface area contributed by atoms with E-state index in [9.17, 15) is 9.18 Å². The number of hydrogen-bond donors (Lipinski definition) is 1. The molecular weight excluding hydrogens is 323 g/mol. The molecule has 0 aliphatic rings. The Morgan fingerprint density at radius 3 is 2.54 bits per heavy atom. The third kappa shape index (κ3) is 4.26. The van der Waals surface area contributed by atoms with E-state index in [0.29, 0.717) is 6.54 Å². The Morgan fingerprint density at radius 2 is 1.83 bits per heavy atom. The highest BCUT2D eigenvalue weighted by molar-refractivity contribution is 7.13. The van der Waals surface area contributed by atoms with Gasteiger partial charge in [-0.2, -0.15) is 0 Å². The topological polar surface area (TPSA) is 42.0 Å². The van der Waals surface area contributed by atoms with Crippen molar-refractivity contribution in [2.24, 2.45) is 0 Å². The van der Waals surface area contributed by atoms with Gasteiger partial charge in [-0.05, 0) is 24.6 Å². The van der Waals surface area contributed by atoms with Crippen molar-refractivity contribution in [1.29, 1.82) is 0 Å². The van der Waals surface area contributed by atoms with Crippen LogP contribution in [0.25, 0.3) is 10.6 Å². The molecule has 3 nitrogen and oxygen atoms in total. The third-order valence-corrected chi connectivity index (χ3v) is 4.54. The summed E-state index contributed by atoms with van der Waals surface area (Å²) in [5, 5.41) is 5.65. The number of hydrogen-bond acceptors (Lipinski definition) is 3. The van der Waals surface area contributed by atoms with Crippen molar-refractivity contribution in [3.63, 3.8) is 0 Å². The van der Waals surface area contributed by atoms with Gasteiger partial charge in [-0.1, -0.05) is 42.0 Å². The monoisotopic (exact) mass is 340 g/mol. The third-order valence-electron chi connectivity index (χ3n) is 3.59. The van der Waals surface area contributed by atoms with Gasteiger partial charge in [0, 0.05) is 17.5 Å². The molecule has 2 aromatic carbocycles. The number of carbonyl (C=O) groups is 1. The Morgan fingerprint density at radius 1 is 1.12 bits per heavy atom. The lowest BCUT2D eigenvalue weighted by Gasteiger charge is -2.04. The Bertz CT molecular complexity index is 825. The molecule has 122 valence electrons. The summed E-state index contributed by atoms with van der Waals surface area (Å²) >= 11 is 1.53. The van der Waals surface area contributed by atoms with Crippen LogP contribution in [0.5, 0.6) is 0 Å². The van der Waals surface area contributed by atoms with Gasteiger partial charge in [-0.15, -0.1) is 11.3 Å². The van der Waals surface area contributed by atoms with Crippen molar-refractivity contribution in [2.75, 3.05) is 0 Å². The lowest BCUT2D eigenvalue weighted by Crippen LogP contribution is -2.24. The summed E-state index contributed by atoms with van der Waals surface area (Å²) in [7, 11) is 0. The zero-order valence-corrected chi connectivity index (χ0v) is 14.1. The maximum atomic E-state index is 12.8. The van der Waals surface area contributed by atoms with E-state index in [1.807, 2.05) is 36.6 Å². The van der Waals surface area contributed by atoms with E-state index >= 15 is 0 Å². The minimum Gasteiger partial charge on any atom is -0.352 e. The molecule has 0 aliphatic heterocycles. The molecule has 24 heavy (non-hydrogen) atoms. The molecule has 1 N–H and O–H groups in total.